The van der Waals surface area contributed by atoms with Gasteiger partial charge in [0.1, 0.15) is 0 Å². The van der Waals surface area contributed by atoms with Crippen LogP contribution in [0, 0.1) is 13.8 Å². The molecule has 0 aliphatic heterocycles. The Balaban J connectivity index is 1.82. The van der Waals surface area contributed by atoms with E-state index in [0.717, 1.165) is 23.1 Å². The number of hydrogen-bond donors (Lipinski definition) is 1. The van der Waals surface area contributed by atoms with Gasteiger partial charge in [0.2, 0.25) is 0 Å². The molecule has 4 rings (SSSR count). The smallest absolute Gasteiger partial charge is 0.0933 e. The van der Waals surface area contributed by atoms with E-state index in [2.05, 4.69) is 59.4 Å². The lowest BCUT2D eigenvalue weighted by Crippen LogP contribution is -2.01. The monoisotopic (exact) mass is 276 g/mol. The normalized spacial score (nSPS) is 11.5. The lowest BCUT2D eigenvalue weighted by molar-refractivity contribution is 0.698. The quantitative estimate of drug-likeness (QED) is 0.608. The first-order valence-electron chi connectivity index (χ1n) is 7.06. The molecule has 0 atom stereocenters. The predicted octanol–water partition coefficient (Wildman–Crippen LogP) is 3.58. The summed E-state index contributed by atoms with van der Waals surface area (Å²) in [5, 5.41) is 5.88. The fraction of sp³-hybridized carbons (Fsp3) is 0.176. The minimum Gasteiger partial charge on any atom is -0.345 e. The van der Waals surface area contributed by atoms with Crippen LogP contribution in [0.4, 0.5) is 0 Å². The number of nitrogens with zero attached hydrogens (tertiary/aromatic N) is 3. The van der Waals surface area contributed by atoms with E-state index < -0.39 is 0 Å². The first-order valence-corrected chi connectivity index (χ1v) is 7.06. The van der Waals surface area contributed by atoms with Crippen LogP contribution in [0.5, 0.6) is 0 Å². The Hall–Kier alpha value is -2.62. The lowest BCUT2D eigenvalue weighted by Gasteiger charge is -2.04. The summed E-state index contributed by atoms with van der Waals surface area (Å²) >= 11 is 0. The van der Waals surface area contributed by atoms with Crippen LogP contribution in [0.25, 0.3) is 21.9 Å². The Morgan fingerprint density at radius 3 is 2.95 bits per heavy atom. The second-order valence-corrected chi connectivity index (χ2v) is 5.56. The fourth-order valence-corrected chi connectivity index (χ4v) is 2.90. The van der Waals surface area contributed by atoms with Gasteiger partial charge in [0.15, 0.2) is 0 Å². The van der Waals surface area contributed by atoms with Crippen molar-refractivity contribution in [2.24, 2.45) is 0 Å². The Morgan fingerprint density at radius 1 is 1.19 bits per heavy atom. The van der Waals surface area contributed by atoms with Crippen molar-refractivity contribution in [3.63, 3.8) is 0 Å². The second-order valence-electron chi connectivity index (χ2n) is 5.56. The number of imidazole rings is 1. The largest absolute Gasteiger partial charge is 0.345 e. The number of hydrogen-bond acceptors (Lipinski definition) is 2. The molecule has 104 valence electrons. The highest BCUT2D eigenvalue weighted by Crippen LogP contribution is 2.21. The van der Waals surface area contributed by atoms with Gasteiger partial charge < -0.3 is 4.98 Å². The van der Waals surface area contributed by atoms with Crippen LogP contribution >= 0.6 is 0 Å². The summed E-state index contributed by atoms with van der Waals surface area (Å²) in [4.78, 5) is 7.61. The van der Waals surface area contributed by atoms with E-state index in [9.17, 15) is 0 Å². The summed E-state index contributed by atoms with van der Waals surface area (Å²) in [6.07, 6.45) is 3.86. The molecule has 0 saturated carbocycles. The van der Waals surface area contributed by atoms with Crippen molar-refractivity contribution in [1.82, 2.24) is 19.7 Å². The van der Waals surface area contributed by atoms with E-state index in [4.69, 9.17) is 0 Å². The molecule has 4 heteroatoms. The summed E-state index contributed by atoms with van der Waals surface area (Å²) in [6.45, 7) is 4.96. The number of H-pyrrole nitrogens is 1. The summed E-state index contributed by atoms with van der Waals surface area (Å²) in [6, 6.07) is 10.5. The van der Waals surface area contributed by atoms with E-state index in [0.29, 0.717) is 0 Å². The number of fused-ring (bicyclic) bond motifs is 2. The molecule has 4 nitrogen and oxygen atoms in total. The Bertz CT molecular complexity index is 946. The molecule has 0 unspecified atom stereocenters. The number of aromatic amines is 1. The van der Waals surface area contributed by atoms with Crippen LogP contribution in [-0.2, 0) is 6.54 Å². The summed E-state index contributed by atoms with van der Waals surface area (Å²) in [5.41, 5.74) is 6.83. The minimum atomic E-state index is 0.733. The van der Waals surface area contributed by atoms with Gasteiger partial charge >= 0.3 is 0 Å². The molecular weight excluding hydrogens is 260 g/mol. The van der Waals surface area contributed by atoms with Gasteiger partial charge in [0.05, 0.1) is 29.4 Å². The molecule has 0 fully saturated rings. The molecule has 0 bridgehead atoms. The van der Waals surface area contributed by atoms with Crippen molar-refractivity contribution in [2.45, 2.75) is 20.4 Å². The molecule has 0 spiro atoms. The maximum atomic E-state index is 4.67. The molecule has 0 saturated heterocycles. The van der Waals surface area contributed by atoms with Gasteiger partial charge in [-0.25, -0.2) is 4.98 Å². The van der Waals surface area contributed by atoms with Crippen LogP contribution in [0.3, 0.4) is 0 Å². The molecule has 2 aromatic carbocycles. The maximum absolute atomic E-state index is 4.67. The van der Waals surface area contributed by atoms with Gasteiger partial charge in [0.25, 0.3) is 0 Å². The van der Waals surface area contributed by atoms with Crippen molar-refractivity contribution >= 4 is 21.9 Å². The average Bonchev–Trinajstić information content (AvgIpc) is 3.05. The molecule has 21 heavy (non-hydrogen) atoms. The van der Waals surface area contributed by atoms with E-state index in [1.807, 2.05) is 10.7 Å². The zero-order chi connectivity index (χ0) is 14.4. The summed E-state index contributed by atoms with van der Waals surface area (Å²) in [5.74, 6) is 0. The van der Waals surface area contributed by atoms with Gasteiger partial charge in [-0.2, -0.15) is 5.10 Å². The highest BCUT2D eigenvalue weighted by Gasteiger charge is 2.08. The highest BCUT2D eigenvalue weighted by molar-refractivity contribution is 5.82. The first-order chi connectivity index (χ1) is 10.2. The van der Waals surface area contributed by atoms with Gasteiger partial charge in [0, 0.05) is 17.1 Å². The summed E-state index contributed by atoms with van der Waals surface area (Å²) in [7, 11) is 0. The zero-order valence-corrected chi connectivity index (χ0v) is 12.1. The van der Waals surface area contributed by atoms with Gasteiger partial charge in [-0.3, -0.25) is 4.68 Å². The number of aryl methyl sites for hydroxylation is 2. The van der Waals surface area contributed by atoms with Crippen molar-refractivity contribution in [3.8, 4) is 0 Å². The van der Waals surface area contributed by atoms with Crippen molar-refractivity contribution < 1.29 is 0 Å². The van der Waals surface area contributed by atoms with Crippen LogP contribution in [0.15, 0.2) is 42.9 Å². The van der Waals surface area contributed by atoms with E-state index in [1.54, 1.807) is 6.33 Å². The van der Waals surface area contributed by atoms with Gasteiger partial charge in [-0.1, -0.05) is 18.2 Å². The molecule has 1 N–H and O–H groups in total. The third kappa shape index (κ3) is 2.00. The van der Waals surface area contributed by atoms with E-state index in [1.165, 1.54) is 22.1 Å². The summed E-state index contributed by atoms with van der Waals surface area (Å²) < 4.78 is 2.00. The number of aromatic nitrogens is 4. The first kappa shape index (κ1) is 12.1. The molecule has 0 aliphatic carbocycles. The Kier molecular flexibility index (Phi) is 2.57. The second kappa shape index (κ2) is 4.45. The Labute approximate surface area is 122 Å². The molecule has 0 aliphatic rings. The van der Waals surface area contributed by atoms with Crippen LogP contribution in [0.1, 0.15) is 16.7 Å². The van der Waals surface area contributed by atoms with Crippen molar-refractivity contribution in [2.75, 3.05) is 0 Å². The predicted molar refractivity (Wildman–Crippen MR) is 84.4 cm³/mol. The third-order valence-electron chi connectivity index (χ3n) is 3.89. The van der Waals surface area contributed by atoms with Crippen molar-refractivity contribution in [1.29, 1.82) is 0 Å². The SMILES string of the molecule is Cc1cc(Cn2cc3c(C)cccc3n2)c2nc[nH]c2c1. The molecule has 2 heterocycles. The number of rotatable bonds is 2. The van der Waals surface area contributed by atoms with Crippen LogP contribution < -0.4 is 0 Å². The van der Waals surface area contributed by atoms with Crippen LogP contribution in [-0.4, -0.2) is 19.7 Å². The molecule has 0 radical (unpaired) electrons. The zero-order valence-electron chi connectivity index (χ0n) is 12.1. The third-order valence-corrected chi connectivity index (χ3v) is 3.89. The molecular formula is C17H16N4. The standard InChI is InChI=1S/C17H16N4/c1-11-6-13(17-16(7-11)18-10-19-17)8-21-9-14-12(2)4-3-5-15(14)20-21/h3-7,9-10H,8H2,1-2H3,(H,18,19). The average molecular weight is 276 g/mol. The number of nitrogens with one attached hydrogen (secondary N) is 1. The van der Waals surface area contributed by atoms with Crippen LogP contribution in [0.2, 0.25) is 0 Å². The van der Waals surface area contributed by atoms with Crippen molar-refractivity contribution in [3.05, 3.63) is 59.5 Å². The van der Waals surface area contributed by atoms with Gasteiger partial charge in [-0.05, 0) is 37.1 Å². The van der Waals surface area contributed by atoms with E-state index in [-0.39, 0.29) is 0 Å². The molecule has 0 amide bonds. The fourth-order valence-electron chi connectivity index (χ4n) is 2.90. The highest BCUT2D eigenvalue weighted by atomic mass is 15.3. The lowest BCUT2D eigenvalue weighted by atomic mass is 10.1. The number of benzene rings is 2. The molecule has 4 aromatic rings. The maximum Gasteiger partial charge on any atom is 0.0933 e. The Morgan fingerprint density at radius 2 is 2.10 bits per heavy atom. The van der Waals surface area contributed by atoms with Gasteiger partial charge in [-0.15, -0.1) is 0 Å². The minimum absolute atomic E-state index is 0.733. The van der Waals surface area contributed by atoms with E-state index >= 15 is 0 Å². The topological polar surface area (TPSA) is 46.5 Å². The molecule has 2 aromatic heterocycles.